The molecule has 0 radical (unpaired) electrons. The molecule has 0 aliphatic carbocycles. The molecule has 32 heavy (non-hydrogen) atoms. The van der Waals surface area contributed by atoms with Gasteiger partial charge in [-0.15, -0.1) is 0 Å². The van der Waals surface area contributed by atoms with Crippen LogP contribution in [0.2, 0.25) is 5.02 Å². The molecule has 0 unspecified atom stereocenters. The molecular weight excluding hydrogens is 467 g/mol. The van der Waals surface area contributed by atoms with Crippen molar-refractivity contribution in [2.75, 3.05) is 45.3 Å². The van der Waals surface area contributed by atoms with Gasteiger partial charge in [-0.05, 0) is 36.4 Å². The number of hydrogen-bond acceptors (Lipinski definition) is 7. The molecule has 1 amide bonds. The van der Waals surface area contributed by atoms with Gasteiger partial charge in [0.25, 0.3) is 5.91 Å². The summed E-state index contributed by atoms with van der Waals surface area (Å²) in [5.74, 6) is -2.32. The molecule has 0 saturated carbocycles. The Hall–Kier alpha value is -2.73. The summed E-state index contributed by atoms with van der Waals surface area (Å²) < 4.78 is 56.0. The highest BCUT2D eigenvalue weighted by Crippen LogP contribution is 2.27. The zero-order valence-electron chi connectivity index (χ0n) is 17.0. The largest absolute Gasteiger partial charge is 0.495 e. The molecule has 9 nitrogen and oxygen atoms in total. The SMILES string of the molecule is COc1ccc(Cl)cc1NC(=O)COC(=O)c1ccc(F)c(S(=O)(=O)N2CCOCC2)c1. The first-order valence-electron chi connectivity index (χ1n) is 9.40. The van der Waals surface area contributed by atoms with Crippen LogP contribution >= 0.6 is 11.6 Å². The number of nitrogens with zero attached hydrogens (tertiary/aromatic N) is 1. The molecular formula is C20H20ClFN2O7S. The highest BCUT2D eigenvalue weighted by molar-refractivity contribution is 7.89. The van der Waals surface area contributed by atoms with Gasteiger partial charge in [0.1, 0.15) is 16.5 Å². The standard InChI is InChI=1S/C20H20ClFN2O7S/c1-29-17-5-3-14(21)11-16(17)23-19(25)12-31-20(26)13-2-4-15(22)18(10-13)32(27,28)24-6-8-30-9-7-24/h2-5,10-11H,6-9,12H2,1H3,(H,23,25). The number of rotatable bonds is 7. The van der Waals surface area contributed by atoms with Gasteiger partial charge in [0.05, 0.1) is 31.6 Å². The fourth-order valence-corrected chi connectivity index (χ4v) is 4.60. The average Bonchev–Trinajstić information content (AvgIpc) is 2.78. The number of sulfonamides is 1. The highest BCUT2D eigenvalue weighted by Gasteiger charge is 2.30. The molecule has 1 saturated heterocycles. The van der Waals surface area contributed by atoms with Crippen LogP contribution < -0.4 is 10.1 Å². The smallest absolute Gasteiger partial charge is 0.338 e. The fraction of sp³-hybridized carbons (Fsp3) is 0.300. The van der Waals surface area contributed by atoms with Gasteiger partial charge in [0, 0.05) is 18.1 Å². The number of morpholine rings is 1. The maximum Gasteiger partial charge on any atom is 0.338 e. The Morgan fingerprint density at radius 1 is 1.19 bits per heavy atom. The van der Waals surface area contributed by atoms with E-state index in [-0.39, 0.29) is 37.6 Å². The van der Waals surface area contributed by atoms with Gasteiger partial charge < -0.3 is 19.5 Å². The maximum atomic E-state index is 14.3. The Bertz CT molecular complexity index is 1120. The minimum absolute atomic E-state index is 0.0730. The van der Waals surface area contributed by atoms with Gasteiger partial charge in [-0.1, -0.05) is 11.6 Å². The number of carbonyl (C=O) groups is 2. The summed E-state index contributed by atoms with van der Waals surface area (Å²) in [5, 5.41) is 2.86. The van der Waals surface area contributed by atoms with Crippen molar-refractivity contribution >= 4 is 39.2 Å². The van der Waals surface area contributed by atoms with Crippen LogP contribution in [0.15, 0.2) is 41.3 Å². The third-order valence-electron chi connectivity index (χ3n) is 4.52. The van der Waals surface area contributed by atoms with Crippen molar-refractivity contribution in [2.45, 2.75) is 4.90 Å². The van der Waals surface area contributed by atoms with Crippen LogP contribution in [0.1, 0.15) is 10.4 Å². The quantitative estimate of drug-likeness (QED) is 0.598. The Kier molecular flexibility index (Phi) is 7.67. The second-order valence-corrected chi connectivity index (χ2v) is 8.97. The lowest BCUT2D eigenvalue weighted by atomic mass is 10.2. The van der Waals surface area contributed by atoms with Crippen molar-refractivity contribution in [3.05, 3.63) is 52.8 Å². The van der Waals surface area contributed by atoms with E-state index in [9.17, 15) is 22.4 Å². The summed E-state index contributed by atoms with van der Waals surface area (Å²) in [7, 11) is -2.75. The Morgan fingerprint density at radius 3 is 2.59 bits per heavy atom. The maximum absolute atomic E-state index is 14.3. The van der Waals surface area contributed by atoms with Crippen molar-refractivity contribution in [2.24, 2.45) is 0 Å². The van der Waals surface area contributed by atoms with Crippen molar-refractivity contribution in [3.8, 4) is 5.75 Å². The summed E-state index contributed by atoms with van der Waals surface area (Å²) in [4.78, 5) is 23.8. The van der Waals surface area contributed by atoms with E-state index in [1.807, 2.05) is 0 Å². The molecule has 2 aromatic rings. The lowest BCUT2D eigenvalue weighted by molar-refractivity contribution is -0.119. The number of hydrogen-bond donors (Lipinski definition) is 1. The molecule has 0 atom stereocenters. The summed E-state index contributed by atoms with van der Waals surface area (Å²) in [6.07, 6.45) is 0. The number of halogens is 2. The molecule has 172 valence electrons. The zero-order valence-corrected chi connectivity index (χ0v) is 18.5. The minimum atomic E-state index is -4.17. The first-order chi connectivity index (χ1) is 15.2. The van der Waals surface area contributed by atoms with Gasteiger partial charge in [0.15, 0.2) is 6.61 Å². The lowest BCUT2D eigenvalue weighted by Gasteiger charge is -2.26. The Morgan fingerprint density at radius 2 is 1.91 bits per heavy atom. The summed E-state index contributed by atoms with van der Waals surface area (Å²) in [6, 6.07) is 7.42. The molecule has 3 rings (SSSR count). The van der Waals surface area contributed by atoms with Gasteiger partial charge in [-0.3, -0.25) is 4.79 Å². The van der Waals surface area contributed by atoms with Crippen LogP contribution in [-0.2, 0) is 24.3 Å². The first kappa shape index (κ1) is 23.9. The number of ether oxygens (including phenoxy) is 3. The number of amides is 1. The van der Waals surface area contributed by atoms with Gasteiger partial charge in [-0.2, -0.15) is 4.31 Å². The second-order valence-electron chi connectivity index (χ2n) is 6.63. The minimum Gasteiger partial charge on any atom is -0.495 e. The molecule has 2 aromatic carbocycles. The van der Waals surface area contributed by atoms with Gasteiger partial charge in [-0.25, -0.2) is 17.6 Å². The van der Waals surface area contributed by atoms with Crippen LogP contribution in [0.4, 0.5) is 10.1 Å². The van der Waals surface area contributed by atoms with Crippen molar-refractivity contribution < 1.29 is 36.6 Å². The summed E-state index contributed by atoms with van der Waals surface area (Å²) >= 11 is 5.90. The molecule has 0 spiro atoms. The first-order valence-corrected chi connectivity index (χ1v) is 11.2. The molecule has 1 aliphatic heterocycles. The van der Waals surface area contributed by atoms with Crippen molar-refractivity contribution in [1.29, 1.82) is 0 Å². The Balaban J connectivity index is 1.69. The third-order valence-corrected chi connectivity index (χ3v) is 6.67. The van der Waals surface area contributed by atoms with Crippen LogP contribution in [0.5, 0.6) is 5.75 Å². The van der Waals surface area contributed by atoms with Crippen molar-refractivity contribution in [3.63, 3.8) is 0 Å². The monoisotopic (exact) mass is 486 g/mol. The number of benzene rings is 2. The van der Waals surface area contributed by atoms with E-state index in [0.717, 1.165) is 22.5 Å². The topological polar surface area (TPSA) is 111 Å². The van der Waals surface area contributed by atoms with Crippen LogP contribution in [0.3, 0.4) is 0 Å². The highest BCUT2D eigenvalue weighted by atomic mass is 35.5. The number of carbonyl (C=O) groups excluding carboxylic acids is 2. The van der Waals surface area contributed by atoms with E-state index in [4.69, 9.17) is 25.8 Å². The molecule has 1 N–H and O–H groups in total. The van der Waals surface area contributed by atoms with Crippen LogP contribution in [-0.4, -0.2) is 64.6 Å². The van der Waals surface area contributed by atoms with E-state index in [0.29, 0.717) is 10.8 Å². The van der Waals surface area contributed by atoms with Crippen LogP contribution in [0, 0.1) is 5.82 Å². The van der Waals surface area contributed by atoms with Crippen molar-refractivity contribution in [1.82, 2.24) is 4.31 Å². The third kappa shape index (κ3) is 5.54. The summed E-state index contributed by atoms with van der Waals surface area (Å²) in [6.45, 7) is -0.144. The predicted molar refractivity (Wildman–Crippen MR) is 113 cm³/mol. The molecule has 12 heteroatoms. The number of methoxy groups -OCH3 is 1. The number of esters is 1. The normalized spacial score (nSPS) is 14.6. The molecule has 1 fully saturated rings. The predicted octanol–water partition coefficient (Wildman–Crippen LogP) is 2.30. The van der Waals surface area contributed by atoms with Gasteiger partial charge in [0.2, 0.25) is 10.0 Å². The van der Waals surface area contributed by atoms with E-state index in [1.165, 1.54) is 13.2 Å². The van der Waals surface area contributed by atoms with E-state index < -0.39 is 39.2 Å². The number of anilines is 1. The zero-order chi connectivity index (χ0) is 23.3. The van der Waals surface area contributed by atoms with Gasteiger partial charge >= 0.3 is 5.97 Å². The molecule has 0 bridgehead atoms. The molecule has 1 aliphatic rings. The second kappa shape index (κ2) is 10.3. The fourth-order valence-electron chi connectivity index (χ4n) is 2.93. The van der Waals surface area contributed by atoms with E-state index >= 15 is 0 Å². The average molecular weight is 487 g/mol. The van der Waals surface area contributed by atoms with Crippen LogP contribution in [0.25, 0.3) is 0 Å². The number of nitrogens with one attached hydrogen (secondary N) is 1. The van der Waals surface area contributed by atoms with E-state index in [2.05, 4.69) is 5.32 Å². The molecule has 1 heterocycles. The lowest BCUT2D eigenvalue weighted by Crippen LogP contribution is -2.41. The summed E-state index contributed by atoms with van der Waals surface area (Å²) in [5.41, 5.74) is 0.0630. The Labute approximate surface area is 189 Å². The van der Waals surface area contributed by atoms with E-state index in [1.54, 1.807) is 12.1 Å². The molecule has 0 aromatic heterocycles.